The van der Waals surface area contributed by atoms with Gasteiger partial charge in [0.2, 0.25) is 0 Å². The van der Waals surface area contributed by atoms with Crippen LogP contribution in [0.3, 0.4) is 0 Å². The van der Waals surface area contributed by atoms with Gasteiger partial charge in [0.15, 0.2) is 5.78 Å². The highest BCUT2D eigenvalue weighted by Crippen LogP contribution is 2.22. The lowest BCUT2D eigenvalue weighted by molar-refractivity contribution is 0.0985. The smallest absolute Gasteiger partial charge is 0.188 e. The molecule has 0 bridgehead atoms. The van der Waals surface area contributed by atoms with Gasteiger partial charge in [0.05, 0.1) is 28.5 Å². The van der Waals surface area contributed by atoms with E-state index in [1.165, 1.54) is 12.4 Å². The molecule has 0 saturated heterocycles. The minimum atomic E-state index is -0.0570. The number of aryl methyl sites for hydroxylation is 2. The summed E-state index contributed by atoms with van der Waals surface area (Å²) in [6.45, 7) is 4.64. The Hall–Kier alpha value is -1.56. The number of aromatic nitrogens is 4. The van der Waals surface area contributed by atoms with Gasteiger partial charge in [-0.15, -0.1) is 0 Å². The molecule has 6 heteroatoms. The van der Waals surface area contributed by atoms with E-state index in [0.29, 0.717) is 5.69 Å². The molecule has 0 fully saturated rings. The third-order valence-corrected chi connectivity index (χ3v) is 3.66. The second-order valence-corrected chi connectivity index (χ2v) is 4.65. The van der Waals surface area contributed by atoms with E-state index < -0.39 is 0 Å². The van der Waals surface area contributed by atoms with Crippen LogP contribution in [-0.4, -0.2) is 25.5 Å². The molecule has 0 aromatic carbocycles. The second-order valence-electron chi connectivity index (χ2n) is 3.85. The standard InChI is InChI=1S/C12H13BrN4O/c1-3-17-10(12(13)8(2)16-17)6-11(18)9-7-14-4-5-15-9/h4-5,7H,3,6H2,1-2H3. The van der Waals surface area contributed by atoms with Gasteiger partial charge < -0.3 is 0 Å². The fraction of sp³-hybridized carbons (Fsp3) is 0.333. The third-order valence-electron chi connectivity index (χ3n) is 2.63. The molecule has 18 heavy (non-hydrogen) atoms. The van der Waals surface area contributed by atoms with Crippen LogP contribution in [0.5, 0.6) is 0 Å². The summed E-state index contributed by atoms with van der Waals surface area (Å²) in [6.07, 6.45) is 4.82. The fourth-order valence-corrected chi connectivity index (χ4v) is 2.15. The number of hydrogen-bond acceptors (Lipinski definition) is 4. The molecule has 0 spiro atoms. The van der Waals surface area contributed by atoms with Crippen LogP contribution in [-0.2, 0) is 13.0 Å². The van der Waals surface area contributed by atoms with Crippen LogP contribution in [0.25, 0.3) is 0 Å². The average Bonchev–Trinajstić information content (AvgIpc) is 2.67. The zero-order chi connectivity index (χ0) is 13.1. The van der Waals surface area contributed by atoms with E-state index in [-0.39, 0.29) is 12.2 Å². The van der Waals surface area contributed by atoms with Crippen LogP contribution in [0.1, 0.15) is 28.8 Å². The summed E-state index contributed by atoms with van der Waals surface area (Å²) in [7, 11) is 0. The number of Topliss-reactive ketones (excluding diaryl/α,β-unsaturated/α-hetero) is 1. The van der Waals surface area contributed by atoms with Gasteiger partial charge in [0.25, 0.3) is 0 Å². The van der Waals surface area contributed by atoms with Crippen LogP contribution in [0.2, 0.25) is 0 Å². The molecule has 2 aromatic heterocycles. The van der Waals surface area contributed by atoms with Crippen molar-refractivity contribution in [3.05, 3.63) is 40.1 Å². The van der Waals surface area contributed by atoms with Crippen LogP contribution in [0.4, 0.5) is 0 Å². The van der Waals surface area contributed by atoms with Crippen molar-refractivity contribution < 1.29 is 4.79 Å². The normalized spacial score (nSPS) is 10.6. The van der Waals surface area contributed by atoms with Gasteiger partial charge in [0.1, 0.15) is 5.69 Å². The van der Waals surface area contributed by atoms with Gasteiger partial charge in [-0.05, 0) is 29.8 Å². The van der Waals surface area contributed by atoms with E-state index in [0.717, 1.165) is 22.4 Å². The van der Waals surface area contributed by atoms with E-state index in [9.17, 15) is 4.79 Å². The molecule has 5 nitrogen and oxygen atoms in total. The molecule has 0 saturated carbocycles. The number of rotatable bonds is 4. The first-order valence-electron chi connectivity index (χ1n) is 5.64. The molecule has 0 aliphatic carbocycles. The SMILES string of the molecule is CCn1nc(C)c(Br)c1CC(=O)c1cnccn1. The van der Waals surface area contributed by atoms with Crippen molar-refractivity contribution in [3.63, 3.8) is 0 Å². The molecule has 94 valence electrons. The van der Waals surface area contributed by atoms with Crippen molar-refractivity contribution in [1.82, 2.24) is 19.7 Å². The summed E-state index contributed by atoms with van der Waals surface area (Å²) in [6, 6.07) is 0. The first kappa shape index (κ1) is 12.9. The highest BCUT2D eigenvalue weighted by molar-refractivity contribution is 9.10. The molecule has 0 aliphatic rings. The summed E-state index contributed by atoms with van der Waals surface area (Å²) in [5, 5.41) is 4.36. The Morgan fingerprint density at radius 3 is 2.83 bits per heavy atom. The van der Waals surface area contributed by atoms with Gasteiger partial charge in [-0.1, -0.05) is 0 Å². The van der Waals surface area contributed by atoms with E-state index in [1.807, 2.05) is 18.5 Å². The predicted octanol–water partition coefficient (Wildman–Crippen LogP) is 2.19. The van der Waals surface area contributed by atoms with Gasteiger partial charge in [0, 0.05) is 18.9 Å². The van der Waals surface area contributed by atoms with Gasteiger partial charge >= 0.3 is 0 Å². The number of hydrogen-bond donors (Lipinski definition) is 0. The van der Waals surface area contributed by atoms with Crippen molar-refractivity contribution in [2.24, 2.45) is 0 Å². The zero-order valence-corrected chi connectivity index (χ0v) is 11.8. The van der Waals surface area contributed by atoms with Crippen molar-refractivity contribution in [2.75, 3.05) is 0 Å². The first-order valence-corrected chi connectivity index (χ1v) is 6.43. The molecule has 0 atom stereocenters. The molecule has 0 radical (unpaired) electrons. The number of nitrogens with zero attached hydrogens (tertiary/aromatic N) is 4. The maximum atomic E-state index is 12.1. The van der Waals surface area contributed by atoms with Crippen molar-refractivity contribution >= 4 is 21.7 Å². The Morgan fingerprint density at radius 1 is 1.44 bits per heavy atom. The summed E-state index contributed by atoms with van der Waals surface area (Å²) >= 11 is 3.47. The Kier molecular flexibility index (Phi) is 3.86. The van der Waals surface area contributed by atoms with Crippen LogP contribution in [0.15, 0.2) is 23.1 Å². The minimum absolute atomic E-state index is 0.0570. The Morgan fingerprint density at radius 2 is 2.22 bits per heavy atom. The quantitative estimate of drug-likeness (QED) is 0.812. The summed E-state index contributed by atoms with van der Waals surface area (Å²) in [4.78, 5) is 20.0. The molecule has 2 heterocycles. The molecule has 2 aromatic rings. The number of ketones is 1. The Bertz CT molecular complexity index is 565. The van der Waals surface area contributed by atoms with Crippen LogP contribution < -0.4 is 0 Å². The second kappa shape index (κ2) is 5.39. The Labute approximate surface area is 113 Å². The maximum absolute atomic E-state index is 12.1. The Balaban J connectivity index is 2.27. The highest BCUT2D eigenvalue weighted by Gasteiger charge is 2.17. The van der Waals surface area contributed by atoms with E-state index >= 15 is 0 Å². The number of halogens is 1. The molecule has 2 rings (SSSR count). The predicted molar refractivity (Wildman–Crippen MR) is 70.4 cm³/mol. The molecule has 0 aliphatic heterocycles. The van der Waals surface area contributed by atoms with E-state index in [4.69, 9.17) is 0 Å². The van der Waals surface area contributed by atoms with E-state index in [2.05, 4.69) is 31.0 Å². The van der Waals surface area contributed by atoms with Crippen LogP contribution >= 0.6 is 15.9 Å². The maximum Gasteiger partial charge on any atom is 0.188 e. The van der Waals surface area contributed by atoms with Gasteiger partial charge in [-0.2, -0.15) is 5.10 Å². The number of carbonyl (C=O) groups excluding carboxylic acids is 1. The van der Waals surface area contributed by atoms with Crippen molar-refractivity contribution in [2.45, 2.75) is 26.8 Å². The molecule has 0 unspecified atom stereocenters. The van der Waals surface area contributed by atoms with Crippen molar-refractivity contribution in [1.29, 1.82) is 0 Å². The topological polar surface area (TPSA) is 60.7 Å². The van der Waals surface area contributed by atoms with Crippen LogP contribution in [0, 0.1) is 6.92 Å². The molecular weight excluding hydrogens is 296 g/mol. The van der Waals surface area contributed by atoms with Gasteiger partial charge in [-0.3, -0.25) is 14.5 Å². The fourth-order valence-electron chi connectivity index (χ4n) is 1.72. The lowest BCUT2D eigenvalue weighted by Crippen LogP contribution is -2.11. The number of carbonyl (C=O) groups is 1. The third kappa shape index (κ3) is 2.48. The largest absolute Gasteiger partial charge is 0.292 e. The molecule has 0 N–H and O–H groups in total. The first-order chi connectivity index (χ1) is 8.63. The summed E-state index contributed by atoms with van der Waals surface area (Å²) < 4.78 is 2.72. The lowest BCUT2D eigenvalue weighted by Gasteiger charge is -2.04. The van der Waals surface area contributed by atoms with Crippen molar-refractivity contribution in [3.8, 4) is 0 Å². The summed E-state index contributed by atoms with van der Waals surface area (Å²) in [5.74, 6) is -0.0570. The molecule has 0 amide bonds. The van der Waals surface area contributed by atoms with E-state index in [1.54, 1.807) is 6.20 Å². The summed E-state index contributed by atoms with van der Waals surface area (Å²) in [5.41, 5.74) is 2.15. The molecular formula is C12H13BrN4O. The lowest BCUT2D eigenvalue weighted by atomic mass is 10.1. The zero-order valence-electron chi connectivity index (χ0n) is 10.2. The monoisotopic (exact) mass is 308 g/mol. The highest BCUT2D eigenvalue weighted by atomic mass is 79.9. The van der Waals surface area contributed by atoms with Gasteiger partial charge in [-0.25, -0.2) is 4.98 Å². The average molecular weight is 309 g/mol. The minimum Gasteiger partial charge on any atom is -0.292 e.